The standard InChI is InChI=1S/C17H18N2O3/c1-11-6-15-13(9-21-16(15)7-12(11)2)8-17(20)22-10-14-4-5-19(3)18-14/h4-7,9H,8,10H2,1-3H3. The van der Waals surface area contributed by atoms with Gasteiger partial charge < -0.3 is 9.15 Å². The molecule has 5 nitrogen and oxygen atoms in total. The summed E-state index contributed by atoms with van der Waals surface area (Å²) in [5, 5.41) is 5.14. The number of ether oxygens (including phenoxy) is 1. The highest BCUT2D eigenvalue weighted by atomic mass is 16.5. The number of esters is 1. The maximum atomic E-state index is 12.0. The third-order valence-corrected chi connectivity index (χ3v) is 3.75. The Balaban J connectivity index is 1.70. The zero-order valence-corrected chi connectivity index (χ0v) is 12.9. The molecule has 0 saturated heterocycles. The van der Waals surface area contributed by atoms with E-state index in [2.05, 4.69) is 11.2 Å². The van der Waals surface area contributed by atoms with Crippen molar-refractivity contribution in [2.24, 2.45) is 7.05 Å². The fraction of sp³-hybridized carbons (Fsp3) is 0.294. The molecule has 1 aromatic carbocycles. The van der Waals surface area contributed by atoms with Gasteiger partial charge in [-0.15, -0.1) is 0 Å². The first kappa shape index (κ1) is 14.4. The van der Waals surface area contributed by atoms with Gasteiger partial charge in [-0.2, -0.15) is 5.10 Å². The summed E-state index contributed by atoms with van der Waals surface area (Å²) in [6.07, 6.45) is 3.64. The number of carbonyl (C=O) groups is 1. The van der Waals surface area contributed by atoms with Crippen LogP contribution >= 0.6 is 0 Å². The molecule has 0 spiro atoms. The summed E-state index contributed by atoms with van der Waals surface area (Å²) < 4.78 is 12.5. The van der Waals surface area contributed by atoms with Crippen molar-refractivity contribution in [3.63, 3.8) is 0 Å². The van der Waals surface area contributed by atoms with E-state index in [9.17, 15) is 4.79 Å². The highest BCUT2D eigenvalue weighted by Gasteiger charge is 2.13. The summed E-state index contributed by atoms with van der Waals surface area (Å²) in [7, 11) is 1.83. The second-order valence-corrected chi connectivity index (χ2v) is 5.51. The number of benzene rings is 1. The number of carbonyl (C=O) groups excluding carboxylic acids is 1. The molecule has 0 N–H and O–H groups in total. The molecule has 5 heteroatoms. The molecule has 0 aliphatic carbocycles. The first-order chi connectivity index (χ1) is 10.5. The summed E-state index contributed by atoms with van der Waals surface area (Å²) in [6, 6.07) is 5.87. The van der Waals surface area contributed by atoms with Crippen molar-refractivity contribution >= 4 is 16.9 Å². The lowest BCUT2D eigenvalue weighted by Crippen LogP contribution is -2.08. The molecule has 3 aromatic rings. The van der Waals surface area contributed by atoms with Crippen LogP contribution in [0.4, 0.5) is 0 Å². The Bertz CT molecular complexity index is 830. The van der Waals surface area contributed by atoms with Gasteiger partial charge in [-0.25, -0.2) is 0 Å². The molecular formula is C17H18N2O3. The maximum Gasteiger partial charge on any atom is 0.310 e. The second kappa shape index (κ2) is 5.67. The van der Waals surface area contributed by atoms with Crippen molar-refractivity contribution in [2.75, 3.05) is 0 Å². The highest BCUT2D eigenvalue weighted by molar-refractivity contribution is 5.86. The van der Waals surface area contributed by atoms with E-state index in [1.54, 1.807) is 10.9 Å². The molecule has 2 aromatic heterocycles. The predicted octanol–water partition coefficient (Wildman–Crippen LogP) is 3.07. The van der Waals surface area contributed by atoms with Crippen LogP contribution in [-0.2, 0) is 29.6 Å². The van der Waals surface area contributed by atoms with Crippen LogP contribution in [0.2, 0.25) is 0 Å². The van der Waals surface area contributed by atoms with Crippen LogP contribution in [0.3, 0.4) is 0 Å². The Kier molecular flexibility index (Phi) is 3.71. The minimum absolute atomic E-state index is 0.188. The topological polar surface area (TPSA) is 57.3 Å². The van der Waals surface area contributed by atoms with E-state index in [0.717, 1.165) is 22.2 Å². The Hall–Kier alpha value is -2.56. The Morgan fingerprint density at radius 2 is 2.09 bits per heavy atom. The molecule has 0 saturated carbocycles. The molecule has 114 valence electrons. The predicted molar refractivity (Wildman–Crippen MR) is 82.4 cm³/mol. The zero-order chi connectivity index (χ0) is 15.7. The molecular weight excluding hydrogens is 280 g/mol. The quantitative estimate of drug-likeness (QED) is 0.695. The molecule has 3 rings (SSSR count). The summed E-state index contributed by atoms with van der Waals surface area (Å²) in [5.41, 5.74) is 4.74. The van der Waals surface area contributed by atoms with Crippen molar-refractivity contribution in [2.45, 2.75) is 26.9 Å². The number of aryl methyl sites for hydroxylation is 3. The lowest BCUT2D eigenvalue weighted by molar-refractivity contribution is -0.144. The minimum atomic E-state index is -0.286. The van der Waals surface area contributed by atoms with Gasteiger partial charge >= 0.3 is 5.97 Å². The summed E-state index contributed by atoms with van der Waals surface area (Å²) >= 11 is 0. The van der Waals surface area contributed by atoms with Crippen molar-refractivity contribution in [3.8, 4) is 0 Å². The second-order valence-electron chi connectivity index (χ2n) is 5.51. The van der Waals surface area contributed by atoms with Crippen LogP contribution in [0.15, 0.2) is 35.1 Å². The summed E-state index contributed by atoms with van der Waals surface area (Å²) in [5.74, 6) is -0.286. The average molecular weight is 298 g/mol. The molecule has 0 radical (unpaired) electrons. The van der Waals surface area contributed by atoms with E-state index in [4.69, 9.17) is 9.15 Å². The molecule has 0 aliphatic heterocycles. The number of nitrogens with zero attached hydrogens (tertiary/aromatic N) is 2. The largest absolute Gasteiger partial charge is 0.464 e. The van der Waals surface area contributed by atoms with Gasteiger partial charge in [0, 0.05) is 24.2 Å². The third kappa shape index (κ3) is 2.88. The number of aromatic nitrogens is 2. The van der Waals surface area contributed by atoms with Crippen LogP contribution in [0.1, 0.15) is 22.4 Å². The van der Waals surface area contributed by atoms with Crippen LogP contribution in [0, 0.1) is 13.8 Å². The normalized spacial score (nSPS) is 11.0. The number of rotatable bonds is 4. The van der Waals surface area contributed by atoms with Gasteiger partial charge in [-0.05, 0) is 43.2 Å². The molecule has 0 fully saturated rings. The Labute approximate surface area is 128 Å². The van der Waals surface area contributed by atoms with Crippen LogP contribution in [-0.4, -0.2) is 15.7 Å². The molecule has 0 unspecified atom stereocenters. The average Bonchev–Trinajstić information content (AvgIpc) is 3.05. The van der Waals surface area contributed by atoms with Gasteiger partial charge in [0.15, 0.2) is 0 Å². The van der Waals surface area contributed by atoms with E-state index < -0.39 is 0 Å². The lowest BCUT2D eigenvalue weighted by atomic mass is 10.0. The molecule has 22 heavy (non-hydrogen) atoms. The van der Waals surface area contributed by atoms with Gasteiger partial charge in [0.05, 0.1) is 18.4 Å². The van der Waals surface area contributed by atoms with E-state index in [1.165, 1.54) is 11.1 Å². The van der Waals surface area contributed by atoms with Gasteiger partial charge in [-0.3, -0.25) is 9.48 Å². The molecule has 0 aliphatic rings. The smallest absolute Gasteiger partial charge is 0.310 e. The van der Waals surface area contributed by atoms with E-state index in [-0.39, 0.29) is 19.0 Å². The van der Waals surface area contributed by atoms with Crippen LogP contribution in [0.25, 0.3) is 11.0 Å². The first-order valence-electron chi connectivity index (χ1n) is 7.14. The third-order valence-electron chi connectivity index (χ3n) is 3.75. The Morgan fingerprint density at radius 3 is 2.82 bits per heavy atom. The van der Waals surface area contributed by atoms with Crippen molar-refractivity contribution < 1.29 is 13.9 Å². The fourth-order valence-electron chi connectivity index (χ4n) is 2.37. The van der Waals surface area contributed by atoms with E-state index in [0.29, 0.717) is 0 Å². The van der Waals surface area contributed by atoms with Crippen molar-refractivity contribution in [1.82, 2.24) is 9.78 Å². The number of hydrogen-bond donors (Lipinski definition) is 0. The maximum absolute atomic E-state index is 12.0. The van der Waals surface area contributed by atoms with Gasteiger partial charge in [0.25, 0.3) is 0 Å². The molecule has 2 heterocycles. The molecule has 0 atom stereocenters. The Morgan fingerprint density at radius 1 is 1.32 bits per heavy atom. The van der Waals surface area contributed by atoms with Crippen LogP contribution in [0.5, 0.6) is 0 Å². The van der Waals surface area contributed by atoms with Crippen molar-refractivity contribution in [3.05, 3.63) is 53.0 Å². The number of furan rings is 1. The van der Waals surface area contributed by atoms with Gasteiger partial charge in [-0.1, -0.05) is 0 Å². The van der Waals surface area contributed by atoms with Gasteiger partial charge in [0.1, 0.15) is 12.2 Å². The number of fused-ring (bicyclic) bond motifs is 1. The monoisotopic (exact) mass is 298 g/mol. The van der Waals surface area contributed by atoms with E-state index >= 15 is 0 Å². The van der Waals surface area contributed by atoms with Crippen LogP contribution < -0.4 is 0 Å². The minimum Gasteiger partial charge on any atom is -0.464 e. The molecule has 0 amide bonds. The fourth-order valence-corrected chi connectivity index (χ4v) is 2.37. The van der Waals surface area contributed by atoms with Gasteiger partial charge in [0.2, 0.25) is 0 Å². The molecule has 0 bridgehead atoms. The SMILES string of the molecule is Cc1cc2occ(CC(=O)OCc3ccn(C)n3)c2cc1C. The van der Waals surface area contributed by atoms with Crippen molar-refractivity contribution in [1.29, 1.82) is 0 Å². The zero-order valence-electron chi connectivity index (χ0n) is 12.9. The summed E-state index contributed by atoms with van der Waals surface area (Å²) in [4.78, 5) is 12.0. The first-order valence-corrected chi connectivity index (χ1v) is 7.14. The lowest BCUT2D eigenvalue weighted by Gasteiger charge is -2.03. The van der Waals surface area contributed by atoms with E-state index in [1.807, 2.05) is 39.2 Å². The highest BCUT2D eigenvalue weighted by Crippen LogP contribution is 2.25. The summed E-state index contributed by atoms with van der Waals surface area (Å²) in [6.45, 7) is 4.27. The number of hydrogen-bond acceptors (Lipinski definition) is 4.